The molecule has 6 rings (SSSR count). The molecule has 2 atom stereocenters. The Balaban J connectivity index is 1.45. The Kier molecular flexibility index (Phi) is 2.87. The fourth-order valence-corrected chi connectivity index (χ4v) is 4.52. The van der Waals surface area contributed by atoms with Crippen LogP contribution in [0.1, 0.15) is 29.2 Å². The van der Waals surface area contributed by atoms with Gasteiger partial charge < -0.3 is 9.72 Å². The lowest BCUT2D eigenvalue weighted by molar-refractivity contribution is 0.269. The van der Waals surface area contributed by atoms with Gasteiger partial charge in [0, 0.05) is 28.1 Å². The Morgan fingerprint density at radius 3 is 2.85 bits per heavy atom. The molecule has 0 amide bonds. The third-order valence-corrected chi connectivity index (χ3v) is 5.83. The maximum atomic E-state index is 6.08. The molecule has 2 heteroatoms. The van der Waals surface area contributed by atoms with Crippen molar-refractivity contribution in [1.29, 1.82) is 0 Å². The number of H-pyrrole nitrogens is 1. The second-order valence-electron chi connectivity index (χ2n) is 7.35. The molecule has 2 nitrogen and oxygen atoms in total. The van der Waals surface area contributed by atoms with Gasteiger partial charge in [0.15, 0.2) is 0 Å². The van der Waals surface area contributed by atoms with Gasteiger partial charge in [0.05, 0.1) is 0 Å². The summed E-state index contributed by atoms with van der Waals surface area (Å²) >= 11 is 0. The van der Waals surface area contributed by atoms with Gasteiger partial charge in [-0.1, -0.05) is 42.5 Å². The minimum Gasteiger partial charge on any atom is -0.485 e. The van der Waals surface area contributed by atoms with Crippen molar-refractivity contribution in [2.24, 2.45) is 0 Å². The van der Waals surface area contributed by atoms with Gasteiger partial charge in [-0.15, -0.1) is 0 Å². The predicted octanol–water partition coefficient (Wildman–Crippen LogP) is 5.76. The smallest absolute Gasteiger partial charge is 0.128 e. The van der Waals surface area contributed by atoms with Crippen LogP contribution in [0.25, 0.3) is 28.1 Å². The van der Waals surface area contributed by atoms with Crippen LogP contribution in [0.4, 0.5) is 0 Å². The van der Waals surface area contributed by atoms with Crippen molar-refractivity contribution in [2.75, 3.05) is 0 Å². The SMILES string of the molecule is C1=CC2Oc3ccc(-c4ccc5c6c([nH]c5c4)C=CCC6)cc3C2C=C1. The van der Waals surface area contributed by atoms with E-state index in [1.807, 2.05) is 0 Å². The number of benzene rings is 2. The van der Waals surface area contributed by atoms with Crippen LogP contribution in [0.5, 0.6) is 5.75 Å². The summed E-state index contributed by atoms with van der Waals surface area (Å²) in [7, 11) is 0. The van der Waals surface area contributed by atoms with Gasteiger partial charge in [-0.2, -0.15) is 0 Å². The maximum absolute atomic E-state index is 6.08. The zero-order chi connectivity index (χ0) is 17.1. The van der Waals surface area contributed by atoms with Crippen molar-refractivity contribution in [2.45, 2.75) is 24.9 Å². The van der Waals surface area contributed by atoms with Gasteiger partial charge in [0.1, 0.15) is 11.9 Å². The van der Waals surface area contributed by atoms with E-state index in [1.165, 1.54) is 38.9 Å². The first kappa shape index (κ1) is 14.2. The van der Waals surface area contributed by atoms with Crippen LogP contribution < -0.4 is 4.74 Å². The first-order chi connectivity index (χ1) is 12.9. The quantitative estimate of drug-likeness (QED) is 0.599. The van der Waals surface area contributed by atoms with Gasteiger partial charge in [0.25, 0.3) is 0 Å². The van der Waals surface area contributed by atoms with Crippen molar-refractivity contribution in [3.05, 3.63) is 83.6 Å². The molecule has 1 aromatic heterocycles. The predicted molar refractivity (Wildman–Crippen MR) is 107 cm³/mol. The zero-order valence-corrected chi connectivity index (χ0v) is 14.4. The van der Waals surface area contributed by atoms with Crippen LogP contribution in [0.3, 0.4) is 0 Å². The van der Waals surface area contributed by atoms with E-state index in [0.29, 0.717) is 5.92 Å². The average molecular weight is 337 g/mol. The lowest BCUT2D eigenvalue weighted by Gasteiger charge is -2.14. The van der Waals surface area contributed by atoms with E-state index in [4.69, 9.17) is 4.74 Å². The van der Waals surface area contributed by atoms with Gasteiger partial charge >= 0.3 is 0 Å². The standard InChI is InChI=1S/C24H19NO/c1-3-7-21-17(5-1)18-11-9-16(14-22(18)25-21)15-10-12-24-20(13-15)19-6-2-4-8-23(19)26-24/h2-4,6-14,19,23,25H,1,5H2. The van der Waals surface area contributed by atoms with E-state index in [-0.39, 0.29) is 6.10 Å². The summed E-state index contributed by atoms with van der Waals surface area (Å²) in [6, 6.07) is 13.4. The third-order valence-electron chi connectivity index (χ3n) is 5.83. The lowest BCUT2D eigenvalue weighted by Crippen LogP contribution is -2.15. The molecule has 3 aromatic rings. The molecule has 0 fully saturated rings. The second-order valence-corrected chi connectivity index (χ2v) is 7.35. The molecule has 0 saturated heterocycles. The number of allylic oxidation sites excluding steroid dienone is 3. The van der Waals surface area contributed by atoms with Crippen molar-refractivity contribution in [1.82, 2.24) is 4.98 Å². The van der Waals surface area contributed by atoms with E-state index in [2.05, 4.69) is 77.8 Å². The molecule has 0 saturated carbocycles. The molecule has 1 aliphatic heterocycles. The summed E-state index contributed by atoms with van der Waals surface area (Å²) in [6.45, 7) is 0. The Bertz CT molecular complexity index is 1130. The Labute approximate surface area is 152 Å². The topological polar surface area (TPSA) is 25.0 Å². The number of aromatic nitrogens is 1. The monoisotopic (exact) mass is 337 g/mol. The highest BCUT2D eigenvalue weighted by molar-refractivity contribution is 5.91. The number of hydrogen-bond acceptors (Lipinski definition) is 1. The number of aryl methyl sites for hydroxylation is 1. The summed E-state index contributed by atoms with van der Waals surface area (Å²) in [5.41, 5.74) is 7.75. The molecule has 3 aliphatic rings. The number of fused-ring (bicyclic) bond motifs is 6. The summed E-state index contributed by atoms with van der Waals surface area (Å²) in [4.78, 5) is 3.59. The normalized spacial score (nSPS) is 22.2. The van der Waals surface area contributed by atoms with Crippen LogP contribution >= 0.6 is 0 Å². The fourth-order valence-electron chi connectivity index (χ4n) is 4.52. The van der Waals surface area contributed by atoms with Crippen LogP contribution in [0, 0.1) is 0 Å². The molecule has 0 spiro atoms. The van der Waals surface area contributed by atoms with Crippen molar-refractivity contribution < 1.29 is 4.74 Å². The molecule has 1 N–H and O–H groups in total. The fraction of sp³-hybridized carbons (Fsp3) is 0.167. The molecule has 2 heterocycles. The molecule has 0 bridgehead atoms. The van der Waals surface area contributed by atoms with Crippen LogP contribution in [-0.2, 0) is 6.42 Å². The van der Waals surface area contributed by atoms with Gasteiger partial charge in [-0.25, -0.2) is 0 Å². The van der Waals surface area contributed by atoms with Crippen molar-refractivity contribution >= 4 is 17.0 Å². The van der Waals surface area contributed by atoms with E-state index in [1.54, 1.807) is 0 Å². The highest BCUT2D eigenvalue weighted by atomic mass is 16.5. The number of rotatable bonds is 1. The first-order valence-electron chi connectivity index (χ1n) is 9.34. The van der Waals surface area contributed by atoms with Crippen LogP contribution in [0.15, 0.2) is 66.8 Å². The van der Waals surface area contributed by atoms with Crippen molar-refractivity contribution in [3.8, 4) is 16.9 Å². The Morgan fingerprint density at radius 2 is 1.85 bits per heavy atom. The van der Waals surface area contributed by atoms with Crippen molar-refractivity contribution in [3.63, 3.8) is 0 Å². The molecule has 0 radical (unpaired) electrons. The Morgan fingerprint density at radius 1 is 0.962 bits per heavy atom. The summed E-state index contributed by atoms with van der Waals surface area (Å²) in [6.07, 6.45) is 15.5. The largest absolute Gasteiger partial charge is 0.485 e. The van der Waals surface area contributed by atoms with Crippen LogP contribution in [-0.4, -0.2) is 11.1 Å². The van der Waals surface area contributed by atoms with E-state index in [9.17, 15) is 0 Å². The summed E-state index contributed by atoms with van der Waals surface area (Å²) in [5, 5.41) is 1.36. The second kappa shape index (κ2) is 5.25. The first-order valence-corrected chi connectivity index (χ1v) is 9.34. The van der Waals surface area contributed by atoms with E-state index >= 15 is 0 Å². The van der Waals surface area contributed by atoms with Crippen LogP contribution in [0.2, 0.25) is 0 Å². The molecule has 2 aromatic carbocycles. The van der Waals surface area contributed by atoms with E-state index in [0.717, 1.165) is 18.6 Å². The highest BCUT2D eigenvalue weighted by Crippen LogP contribution is 2.43. The van der Waals surface area contributed by atoms with Gasteiger partial charge in [0.2, 0.25) is 0 Å². The maximum Gasteiger partial charge on any atom is 0.128 e. The Hall–Kier alpha value is -3.00. The number of ether oxygens (including phenoxy) is 1. The molecular formula is C24H19NO. The minimum atomic E-state index is 0.148. The lowest BCUT2D eigenvalue weighted by atomic mass is 9.90. The van der Waals surface area contributed by atoms with E-state index < -0.39 is 0 Å². The number of hydrogen-bond donors (Lipinski definition) is 1. The average Bonchev–Trinajstić information content (AvgIpc) is 3.25. The number of nitrogens with one attached hydrogen (secondary N) is 1. The molecule has 26 heavy (non-hydrogen) atoms. The molecular weight excluding hydrogens is 318 g/mol. The van der Waals surface area contributed by atoms with Gasteiger partial charge in [-0.05, 0) is 59.9 Å². The zero-order valence-electron chi connectivity index (χ0n) is 14.4. The molecule has 2 unspecified atom stereocenters. The highest BCUT2D eigenvalue weighted by Gasteiger charge is 2.32. The third kappa shape index (κ3) is 1.99. The molecule has 126 valence electrons. The minimum absolute atomic E-state index is 0.148. The molecule has 2 aliphatic carbocycles. The number of aromatic amines is 1. The van der Waals surface area contributed by atoms with Gasteiger partial charge in [-0.3, -0.25) is 0 Å². The summed E-state index contributed by atoms with van der Waals surface area (Å²) < 4.78 is 6.08. The summed E-state index contributed by atoms with van der Waals surface area (Å²) in [5.74, 6) is 1.35.